The van der Waals surface area contributed by atoms with Crippen molar-refractivity contribution in [3.8, 4) is 0 Å². The molecular weight excluding hydrogens is 168 g/mol. The van der Waals surface area contributed by atoms with Crippen LogP contribution in [-0.4, -0.2) is 41.6 Å². The SMILES string of the molecule is CC[C@@H](N)CN1CCSCC1C. The summed E-state index contributed by atoms with van der Waals surface area (Å²) in [4.78, 5) is 2.52. The Balaban J connectivity index is 2.28. The number of rotatable bonds is 3. The van der Waals surface area contributed by atoms with Crippen LogP contribution in [-0.2, 0) is 0 Å². The zero-order valence-electron chi connectivity index (χ0n) is 8.12. The summed E-state index contributed by atoms with van der Waals surface area (Å²) < 4.78 is 0. The number of thioether (sulfide) groups is 1. The van der Waals surface area contributed by atoms with Crippen LogP contribution in [0.3, 0.4) is 0 Å². The van der Waals surface area contributed by atoms with Crippen LogP contribution in [0, 0.1) is 0 Å². The first-order valence-corrected chi connectivity index (χ1v) is 5.97. The van der Waals surface area contributed by atoms with Crippen molar-refractivity contribution in [2.24, 2.45) is 5.73 Å². The molecule has 2 atom stereocenters. The Morgan fingerprint density at radius 2 is 2.42 bits per heavy atom. The van der Waals surface area contributed by atoms with Gasteiger partial charge < -0.3 is 5.73 Å². The molecular formula is C9H20N2S. The molecule has 0 spiro atoms. The molecule has 1 fully saturated rings. The Kier molecular flexibility index (Phi) is 4.40. The third-order valence-corrected chi connectivity index (χ3v) is 3.69. The summed E-state index contributed by atoms with van der Waals surface area (Å²) in [5, 5.41) is 0. The summed E-state index contributed by atoms with van der Waals surface area (Å²) in [5.41, 5.74) is 5.92. The predicted molar refractivity (Wildman–Crippen MR) is 56.6 cm³/mol. The first kappa shape index (κ1) is 10.4. The van der Waals surface area contributed by atoms with E-state index in [1.807, 2.05) is 0 Å². The largest absolute Gasteiger partial charge is 0.327 e. The lowest BCUT2D eigenvalue weighted by atomic mass is 10.2. The Labute approximate surface area is 79.9 Å². The third-order valence-electron chi connectivity index (χ3n) is 2.50. The molecule has 0 saturated carbocycles. The van der Waals surface area contributed by atoms with Gasteiger partial charge in [-0.3, -0.25) is 4.90 Å². The Hall–Kier alpha value is 0.270. The van der Waals surface area contributed by atoms with Gasteiger partial charge in [0.15, 0.2) is 0 Å². The van der Waals surface area contributed by atoms with Crippen LogP contribution in [0.2, 0.25) is 0 Å². The summed E-state index contributed by atoms with van der Waals surface area (Å²) in [6, 6.07) is 1.09. The van der Waals surface area contributed by atoms with E-state index < -0.39 is 0 Å². The second-order valence-corrected chi connectivity index (χ2v) is 4.74. The van der Waals surface area contributed by atoms with Gasteiger partial charge in [-0.15, -0.1) is 0 Å². The highest BCUT2D eigenvalue weighted by Gasteiger charge is 2.19. The minimum atomic E-state index is 0.371. The lowest BCUT2D eigenvalue weighted by molar-refractivity contribution is 0.217. The molecule has 1 aliphatic rings. The smallest absolute Gasteiger partial charge is 0.0165 e. The molecule has 12 heavy (non-hydrogen) atoms. The van der Waals surface area contributed by atoms with E-state index in [0.717, 1.165) is 19.0 Å². The van der Waals surface area contributed by atoms with E-state index in [1.165, 1.54) is 18.1 Å². The Morgan fingerprint density at radius 1 is 1.67 bits per heavy atom. The van der Waals surface area contributed by atoms with E-state index in [4.69, 9.17) is 5.73 Å². The Bertz CT molecular complexity index is 130. The van der Waals surface area contributed by atoms with Crippen LogP contribution < -0.4 is 5.73 Å². The van der Waals surface area contributed by atoms with E-state index >= 15 is 0 Å². The van der Waals surface area contributed by atoms with Crippen LogP contribution in [0.25, 0.3) is 0 Å². The van der Waals surface area contributed by atoms with Crippen LogP contribution in [0.4, 0.5) is 0 Å². The van der Waals surface area contributed by atoms with E-state index in [-0.39, 0.29) is 0 Å². The van der Waals surface area contributed by atoms with Gasteiger partial charge in [0.2, 0.25) is 0 Å². The van der Waals surface area contributed by atoms with E-state index in [0.29, 0.717) is 6.04 Å². The fourth-order valence-corrected chi connectivity index (χ4v) is 2.55. The van der Waals surface area contributed by atoms with E-state index in [1.54, 1.807) is 0 Å². The second kappa shape index (κ2) is 5.10. The molecule has 1 rings (SSSR count). The molecule has 0 aromatic rings. The van der Waals surface area contributed by atoms with Gasteiger partial charge in [0, 0.05) is 36.7 Å². The normalized spacial score (nSPS) is 28.8. The fraction of sp³-hybridized carbons (Fsp3) is 1.00. The molecule has 3 heteroatoms. The monoisotopic (exact) mass is 188 g/mol. The molecule has 72 valence electrons. The molecule has 2 nitrogen and oxygen atoms in total. The maximum absolute atomic E-state index is 5.92. The third kappa shape index (κ3) is 2.96. The van der Waals surface area contributed by atoms with Gasteiger partial charge in [0.25, 0.3) is 0 Å². The van der Waals surface area contributed by atoms with Gasteiger partial charge in [0.05, 0.1) is 0 Å². The van der Waals surface area contributed by atoms with Crippen molar-refractivity contribution in [1.29, 1.82) is 0 Å². The number of hydrogen-bond acceptors (Lipinski definition) is 3. The van der Waals surface area contributed by atoms with E-state index in [9.17, 15) is 0 Å². The lowest BCUT2D eigenvalue weighted by Gasteiger charge is -2.34. The van der Waals surface area contributed by atoms with Crippen LogP contribution in [0.5, 0.6) is 0 Å². The summed E-state index contributed by atoms with van der Waals surface area (Å²) in [7, 11) is 0. The zero-order valence-corrected chi connectivity index (χ0v) is 8.94. The number of nitrogens with two attached hydrogens (primary N) is 1. The summed E-state index contributed by atoms with van der Waals surface area (Å²) in [6.07, 6.45) is 1.09. The highest BCUT2D eigenvalue weighted by molar-refractivity contribution is 7.99. The first-order valence-electron chi connectivity index (χ1n) is 4.81. The summed E-state index contributed by atoms with van der Waals surface area (Å²) >= 11 is 2.06. The minimum absolute atomic E-state index is 0.371. The van der Waals surface area contributed by atoms with Crippen molar-refractivity contribution < 1.29 is 0 Å². The second-order valence-electron chi connectivity index (χ2n) is 3.59. The lowest BCUT2D eigenvalue weighted by Crippen LogP contribution is -2.46. The number of nitrogens with zero attached hydrogens (tertiary/aromatic N) is 1. The van der Waals surface area contributed by atoms with Crippen molar-refractivity contribution in [3.05, 3.63) is 0 Å². The van der Waals surface area contributed by atoms with Crippen molar-refractivity contribution >= 4 is 11.8 Å². The van der Waals surface area contributed by atoms with Crippen molar-refractivity contribution in [2.45, 2.75) is 32.4 Å². The predicted octanol–water partition coefficient (Wildman–Crippen LogP) is 1.16. The van der Waals surface area contributed by atoms with Crippen LogP contribution in [0.15, 0.2) is 0 Å². The van der Waals surface area contributed by atoms with Gasteiger partial charge in [-0.1, -0.05) is 6.92 Å². The molecule has 0 aromatic carbocycles. The van der Waals surface area contributed by atoms with Crippen molar-refractivity contribution in [1.82, 2.24) is 4.90 Å². The molecule has 1 saturated heterocycles. The summed E-state index contributed by atoms with van der Waals surface area (Å²) in [6.45, 7) is 6.76. The average molecular weight is 188 g/mol. The molecule has 1 unspecified atom stereocenters. The van der Waals surface area contributed by atoms with Gasteiger partial charge in [-0.2, -0.15) is 11.8 Å². The fourth-order valence-electron chi connectivity index (χ4n) is 1.46. The van der Waals surface area contributed by atoms with Crippen molar-refractivity contribution in [3.63, 3.8) is 0 Å². The maximum atomic E-state index is 5.92. The molecule has 0 amide bonds. The molecule has 1 aliphatic heterocycles. The molecule has 0 radical (unpaired) electrons. The maximum Gasteiger partial charge on any atom is 0.0165 e. The van der Waals surface area contributed by atoms with E-state index in [2.05, 4.69) is 30.5 Å². The van der Waals surface area contributed by atoms with Gasteiger partial charge in [0.1, 0.15) is 0 Å². The highest BCUT2D eigenvalue weighted by atomic mass is 32.2. The molecule has 0 aliphatic carbocycles. The van der Waals surface area contributed by atoms with Gasteiger partial charge >= 0.3 is 0 Å². The highest BCUT2D eigenvalue weighted by Crippen LogP contribution is 2.15. The first-order chi connectivity index (χ1) is 5.74. The van der Waals surface area contributed by atoms with Gasteiger partial charge in [-0.25, -0.2) is 0 Å². The molecule has 2 N–H and O–H groups in total. The zero-order chi connectivity index (χ0) is 8.97. The molecule has 0 bridgehead atoms. The van der Waals surface area contributed by atoms with Gasteiger partial charge in [-0.05, 0) is 13.3 Å². The molecule has 0 aromatic heterocycles. The van der Waals surface area contributed by atoms with Crippen LogP contribution in [0.1, 0.15) is 20.3 Å². The topological polar surface area (TPSA) is 29.3 Å². The average Bonchev–Trinajstić information content (AvgIpc) is 2.09. The summed E-state index contributed by atoms with van der Waals surface area (Å²) in [5.74, 6) is 2.55. The van der Waals surface area contributed by atoms with Crippen molar-refractivity contribution in [2.75, 3.05) is 24.6 Å². The molecule has 1 heterocycles. The van der Waals surface area contributed by atoms with Crippen LogP contribution >= 0.6 is 11.8 Å². The number of hydrogen-bond donors (Lipinski definition) is 1. The quantitative estimate of drug-likeness (QED) is 0.721. The standard InChI is InChI=1S/C9H20N2S/c1-3-9(10)6-11-4-5-12-7-8(11)2/h8-9H,3-7,10H2,1-2H3/t8?,9-/m1/s1. The minimum Gasteiger partial charge on any atom is -0.327 e. The Morgan fingerprint density at radius 3 is 3.00 bits per heavy atom.